The summed E-state index contributed by atoms with van der Waals surface area (Å²) in [5.41, 5.74) is 4.54. The summed E-state index contributed by atoms with van der Waals surface area (Å²) in [4.78, 5) is 23.6. The molecule has 7 nitrogen and oxygen atoms in total. The number of hydrogen-bond donors (Lipinski definition) is 3. The van der Waals surface area contributed by atoms with Crippen LogP contribution in [-0.2, 0) is 4.79 Å². The average molecular weight is 396 g/mol. The van der Waals surface area contributed by atoms with Gasteiger partial charge in [-0.05, 0) is 67.9 Å². The summed E-state index contributed by atoms with van der Waals surface area (Å²) in [5.74, 6) is -0.267. The third-order valence-electron chi connectivity index (χ3n) is 4.59. The van der Waals surface area contributed by atoms with Gasteiger partial charge in [0.05, 0.1) is 16.5 Å². The first-order chi connectivity index (χ1) is 13.3. The lowest BCUT2D eigenvalue weighted by Gasteiger charge is -2.30. The number of benzene rings is 2. The molecular weight excluding hydrogens is 376 g/mol. The van der Waals surface area contributed by atoms with Crippen molar-refractivity contribution < 1.29 is 9.72 Å². The minimum Gasteiger partial charge on any atom is -0.351 e. The van der Waals surface area contributed by atoms with Crippen LogP contribution in [-0.4, -0.2) is 15.9 Å². The van der Waals surface area contributed by atoms with Crippen molar-refractivity contribution in [2.45, 2.75) is 26.8 Å². The molecule has 0 spiro atoms. The summed E-state index contributed by atoms with van der Waals surface area (Å²) >= 11 is 5.24. The molecule has 144 valence electrons. The van der Waals surface area contributed by atoms with E-state index in [1.807, 2.05) is 32.0 Å². The van der Waals surface area contributed by atoms with Crippen LogP contribution in [0, 0.1) is 24.0 Å². The molecule has 0 saturated carbocycles. The summed E-state index contributed by atoms with van der Waals surface area (Å²) in [7, 11) is 0. The van der Waals surface area contributed by atoms with Crippen LogP contribution in [0.5, 0.6) is 0 Å². The zero-order valence-corrected chi connectivity index (χ0v) is 16.5. The molecule has 28 heavy (non-hydrogen) atoms. The zero-order chi connectivity index (χ0) is 20.4. The van der Waals surface area contributed by atoms with Crippen LogP contribution in [0.3, 0.4) is 0 Å². The summed E-state index contributed by atoms with van der Waals surface area (Å²) < 4.78 is 0. The lowest BCUT2D eigenvalue weighted by molar-refractivity contribution is -0.384. The fourth-order valence-corrected chi connectivity index (χ4v) is 3.36. The minimum atomic E-state index is -0.514. The van der Waals surface area contributed by atoms with E-state index in [-0.39, 0.29) is 11.6 Å². The fourth-order valence-electron chi connectivity index (χ4n) is 3.09. The Balaban J connectivity index is 1.96. The normalized spacial score (nSPS) is 16.2. The number of aryl methyl sites for hydroxylation is 2. The van der Waals surface area contributed by atoms with E-state index in [2.05, 4.69) is 16.0 Å². The largest absolute Gasteiger partial charge is 0.351 e. The number of anilines is 1. The van der Waals surface area contributed by atoms with E-state index in [0.29, 0.717) is 21.9 Å². The van der Waals surface area contributed by atoms with E-state index in [0.717, 1.165) is 16.8 Å². The van der Waals surface area contributed by atoms with Crippen LogP contribution >= 0.6 is 12.2 Å². The van der Waals surface area contributed by atoms with Crippen LogP contribution in [0.25, 0.3) is 0 Å². The molecular formula is C20H20N4O3S. The maximum atomic E-state index is 13.1. The van der Waals surface area contributed by atoms with Crippen molar-refractivity contribution in [3.8, 4) is 0 Å². The Bertz CT molecular complexity index is 999. The highest BCUT2D eigenvalue weighted by Crippen LogP contribution is 2.29. The van der Waals surface area contributed by atoms with Crippen LogP contribution < -0.4 is 16.0 Å². The van der Waals surface area contributed by atoms with Crippen molar-refractivity contribution in [3.63, 3.8) is 0 Å². The van der Waals surface area contributed by atoms with Gasteiger partial charge >= 0.3 is 0 Å². The molecule has 0 bridgehead atoms. The summed E-state index contributed by atoms with van der Waals surface area (Å²) in [6, 6.07) is 11.4. The molecule has 0 radical (unpaired) electrons. The van der Waals surface area contributed by atoms with Gasteiger partial charge in [-0.3, -0.25) is 14.9 Å². The second-order valence-electron chi connectivity index (χ2n) is 6.69. The first-order valence-corrected chi connectivity index (χ1v) is 9.08. The predicted octanol–water partition coefficient (Wildman–Crippen LogP) is 3.64. The highest BCUT2D eigenvalue weighted by Gasteiger charge is 2.30. The average Bonchev–Trinajstić information content (AvgIpc) is 2.64. The van der Waals surface area contributed by atoms with Gasteiger partial charge in [-0.15, -0.1) is 0 Å². The standard InChI is InChI=1S/C20H20N4O3S/c1-11-4-5-12(2)16(10-11)22-19(25)17-13(3)21-20(28)23-18(17)14-6-8-15(9-7-14)24(26)27/h4-10,18H,1-3H3,(H,22,25)(H2,21,23,28)/t18-/m1/s1. The third-order valence-corrected chi connectivity index (χ3v) is 4.81. The lowest BCUT2D eigenvalue weighted by atomic mass is 9.94. The molecule has 1 amide bonds. The van der Waals surface area contributed by atoms with Crippen molar-refractivity contribution in [3.05, 3.63) is 80.5 Å². The van der Waals surface area contributed by atoms with Crippen molar-refractivity contribution in [1.29, 1.82) is 0 Å². The molecule has 1 aliphatic rings. The van der Waals surface area contributed by atoms with E-state index in [1.54, 1.807) is 19.1 Å². The van der Waals surface area contributed by atoms with Crippen molar-refractivity contribution in [2.75, 3.05) is 5.32 Å². The van der Waals surface area contributed by atoms with E-state index < -0.39 is 11.0 Å². The smallest absolute Gasteiger partial charge is 0.269 e. The molecule has 0 aromatic heterocycles. The number of nitro benzene ring substituents is 1. The van der Waals surface area contributed by atoms with E-state index >= 15 is 0 Å². The van der Waals surface area contributed by atoms with Gasteiger partial charge in [0.2, 0.25) is 0 Å². The van der Waals surface area contributed by atoms with Crippen molar-refractivity contribution in [2.24, 2.45) is 0 Å². The first-order valence-electron chi connectivity index (χ1n) is 8.67. The van der Waals surface area contributed by atoms with Gasteiger partial charge in [-0.2, -0.15) is 0 Å². The maximum Gasteiger partial charge on any atom is 0.269 e. The Morgan fingerprint density at radius 2 is 1.82 bits per heavy atom. The number of thiocarbonyl (C=S) groups is 1. The number of amides is 1. The molecule has 2 aromatic carbocycles. The Hall–Kier alpha value is -3.26. The maximum absolute atomic E-state index is 13.1. The van der Waals surface area contributed by atoms with Crippen LogP contribution in [0.15, 0.2) is 53.7 Å². The van der Waals surface area contributed by atoms with Gasteiger partial charge in [0.1, 0.15) is 0 Å². The molecule has 3 rings (SSSR count). The second kappa shape index (κ2) is 7.77. The monoisotopic (exact) mass is 396 g/mol. The number of allylic oxidation sites excluding steroid dienone is 1. The van der Waals surface area contributed by atoms with Gasteiger partial charge in [0.25, 0.3) is 11.6 Å². The van der Waals surface area contributed by atoms with Crippen LogP contribution in [0.4, 0.5) is 11.4 Å². The Morgan fingerprint density at radius 1 is 1.14 bits per heavy atom. The number of rotatable bonds is 4. The molecule has 0 saturated heterocycles. The van der Waals surface area contributed by atoms with E-state index in [4.69, 9.17) is 12.2 Å². The van der Waals surface area contributed by atoms with Crippen molar-refractivity contribution in [1.82, 2.24) is 10.6 Å². The van der Waals surface area contributed by atoms with Gasteiger partial charge in [0.15, 0.2) is 5.11 Å². The molecule has 1 atom stereocenters. The Labute approximate surface area is 168 Å². The van der Waals surface area contributed by atoms with Gasteiger partial charge in [-0.1, -0.05) is 12.1 Å². The molecule has 1 heterocycles. The number of hydrogen-bond acceptors (Lipinski definition) is 4. The number of carbonyl (C=O) groups excluding carboxylic acids is 1. The molecule has 1 aliphatic heterocycles. The van der Waals surface area contributed by atoms with Gasteiger partial charge in [-0.25, -0.2) is 0 Å². The summed E-state index contributed by atoms with van der Waals surface area (Å²) in [5, 5.41) is 20.3. The number of non-ortho nitro benzene ring substituents is 1. The van der Waals surface area contributed by atoms with Crippen LogP contribution in [0.2, 0.25) is 0 Å². The SMILES string of the molecule is CC1=C(C(=O)Nc2cc(C)ccc2C)[C@@H](c2ccc([N+](=O)[O-])cc2)NC(=S)N1. The second-order valence-corrected chi connectivity index (χ2v) is 7.10. The van der Waals surface area contributed by atoms with Gasteiger partial charge < -0.3 is 16.0 Å². The number of nitrogens with zero attached hydrogens (tertiary/aromatic N) is 1. The van der Waals surface area contributed by atoms with Gasteiger partial charge in [0, 0.05) is 23.5 Å². The molecule has 0 aliphatic carbocycles. The lowest BCUT2D eigenvalue weighted by Crippen LogP contribution is -2.45. The zero-order valence-electron chi connectivity index (χ0n) is 15.7. The third kappa shape index (κ3) is 4.01. The summed E-state index contributed by atoms with van der Waals surface area (Å²) in [6.07, 6.45) is 0. The number of nitro groups is 1. The highest BCUT2D eigenvalue weighted by molar-refractivity contribution is 7.80. The quantitative estimate of drug-likeness (QED) is 0.415. The Kier molecular flexibility index (Phi) is 5.41. The Morgan fingerprint density at radius 3 is 2.46 bits per heavy atom. The highest BCUT2D eigenvalue weighted by atomic mass is 32.1. The number of carbonyl (C=O) groups is 1. The van der Waals surface area contributed by atoms with Crippen molar-refractivity contribution >= 4 is 34.6 Å². The van der Waals surface area contributed by atoms with Crippen LogP contribution in [0.1, 0.15) is 29.7 Å². The minimum absolute atomic E-state index is 0.0117. The molecule has 0 fully saturated rings. The fraction of sp³-hybridized carbons (Fsp3) is 0.200. The molecule has 0 unspecified atom stereocenters. The van der Waals surface area contributed by atoms with E-state index in [1.165, 1.54) is 12.1 Å². The summed E-state index contributed by atoms with van der Waals surface area (Å²) in [6.45, 7) is 5.67. The first kappa shape index (κ1) is 19.5. The molecule has 3 N–H and O–H groups in total. The van der Waals surface area contributed by atoms with E-state index in [9.17, 15) is 14.9 Å². The number of nitrogens with one attached hydrogen (secondary N) is 3. The molecule has 2 aromatic rings. The molecule has 8 heteroatoms. The topological polar surface area (TPSA) is 96.3 Å². The predicted molar refractivity (Wildman–Crippen MR) is 112 cm³/mol.